The maximum absolute atomic E-state index is 12.3. The zero-order chi connectivity index (χ0) is 13.2. The van der Waals surface area contributed by atoms with Gasteiger partial charge in [-0.1, -0.05) is 13.3 Å². The van der Waals surface area contributed by atoms with Crippen LogP contribution in [0.15, 0.2) is 18.3 Å². The molecule has 0 saturated heterocycles. The lowest BCUT2D eigenvalue weighted by Crippen LogP contribution is -2.35. The van der Waals surface area contributed by atoms with Gasteiger partial charge in [0.05, 0.1) is 17.6 Å². The molecule has 0 spiro atoms. The molecule has 0 unspecified atom stereocenters. The number of aromatic nitrogens is 1. The molecule has 6 heteroatoms. The van der Waals surface area contributed by atoms with Crippen molar-refractivity contribution in [2.45, 2.75) is 38.6 Å². The lowest BCUT2D eigenvalue weighted by molar-refractivity contribution is 0.586. The van der Waals surface area contributed by atoms with E-state index in [1.165, 1.54) is 10.5 Å². The summed E-state index contributed by atoms with van der Waals surface area (Å²) < 4.78 is 26.1. The molecule has 0 amide bonds. The minimum Gasteiger partial charge on any atom is -0.397 e. The van der Waals surface area contributed by atoms with Crippen LogP contribution in [0.1, 0.15) is 32.6 Å². The Bertz CT molecular complexity index is 495. The predicted octanol–water partition coefficient (Wildman–Crippen LogP) is 1.76. The molecule has 1 saturated carbocycles. The SMILES string of the molecule is CCCCS(=O)(=O)N(c1ccc(N)cn1)C1CC1. The largest absolute Gasteiger partial charge is 0.397 e. The fraction of sp³-hybridized carbons (Fsp3) is 0.583. The van der Waals surface area contributed by atoms with Gasteiger partial charge in [-0.15, -0.1) is 0 Å². The lowest BCUT2D eigenvalue weighted by atomic mass is 10.4. The molecule has 0 bridgehead atoms. The molecule has 2 rings (SSSR count). The van der Waals surface area contributed by atoms with Crippen LogP contribution in [0.25, 0.3) is 0 Å². The third-order valence-electron chi connectivity index (χ3n) is 2.93. The molecular formula is C12H19N3O2S. The first kappa shape index (κ1) is 13.1. The number of sulfonamides is 1. The summed E-state index contributed by atoms with van der Waals surface area (Å²) in [6.07, 6.45) is 4.88. The Morgan fingerprint density at radius 3 is 2.67 bits per heavy atom. The Morgan fingerprint density at radius 2 is 2.17 bits per heavy atom. The Balaban J connectivity index is 2.25. The topological polar surface area (TPSA) is 76.3 Å². The molecular weight excluding hydrogens is 250 g/mol. The second-order valence-electron chi connectivity index (χ2n) is 4.65. The van der Waals surface area contributed by atoms with Crippen molar-refractivity contribution < 1.29 is 8.42 Å². The fourth-order valence-electron chi connectivity index (χ4n) is 1.82. The highest BCUT2D eigenvalue weighted by Crippen LogP contribution is 2.33. The summed E-state index contributed by atoms with van der Waals surface area (Å²) in [6.45, 7) is 1.98. The van der Waals surface area contributed by atoms with Gasteiger partial charge in [0, 0.05) is 6.04 Å². The van der Waals surface area contributed by atoms with Crippen LogP contribution < -0.4 is 10.0 Å². The maximum Gasteiger partial charge on any atom is 0.236 e. The number of hydrogen-bond donors (Lipinski definition) is 1. The van der Waals surface area contributed by atoms with E-state index in [-0.39, 0.29) is 11.8 Å². The van der Waals surface area contributed by atoms with E-state index >= 15 is 0 Å². The van der Waals surface area contributed by atoms with Gasteiger partial charge >= 0.3 is 0 Å². The average Bonchev–Trinajstić information content (AvgIpc) is 3.14. The van der Waals surface area contributed by atoms with Crippen molar-refractivity contribution >= 4 is 21.5 Å². The predicted molar refractivity (Wildman–Crippen MR) is 72.8 cm³/mol. The van der Waals surface area contributed by atoms with Gasteiger partial charge in [-0.05, 0) is 31.4 Å². The van der Waals surface area contributed by atoms with Gasteiger partial charge in [0.25, 0.3) is 0 Å². The summed E-state index contributed by atoms with van der Waals surface area (Å²) in [5.74, 6) is 0.675. The molecule has 0 atom stereocenters. The molecule has 18 heavy (non-hydrogen) atoms. The molecule has 5 nitrogen and oxygen atoms in total. The van der Waals surface area contributed by atoms with Crippen LogP contribution in [0.3, 0.4) is 0 Å². The number of nitrogens with zero attached hydrogens (tertiary/aromatic N) is 2. The van der Waals surface area contributed by atoms with E-state index < -0.39 is 10.0 Å². The Kier molecular flexibility index (Phi) is 3.75. The quantitative estimate of drug-likeness (QED) is 0.853. The number of hydrogen-bond acceptors (Lipinski definition) is 4. The van der Waals surface area contributed by atoms with Gasteiger partial charge in [0.1, 0.15) is 5.82 Å². The lowest BCUT2D eigenvalue weighted by Gasteiger charge is -2.23. The van der Waals surface area contributed by atoms with Crippen LogP contribution >= 0.6 is 0 Å². The van der Waals surface area contributed by atoms with E-state index in [9.17, 15) is 8.42 Å². The molecule has 0 radical (unpaired) electrons. The van der Waals surface area contributed by atoms with Gasteiger partial charge in [-0.3, -0.25) is 4.31 Å². The smallest absolute Gasteiger partial charge is 0.236 e. The zero-order valence-electron chi connectivity index (χ0n) is 10.5. The normalized spacial score (nSPS) is 15.6. The van der Waals surface area contributed by atoms with Crippen molar-refractivity contribution in [1.29, 1.82) is 0 Å². The third-order valence-corrected chi connectivity index (χ3v) is 4.82. The van der Waals surface area contributed by atoms with Crippen molar-refractivity contribution in [2.24, 2.45) is 0 Å². The van der Waals surface area contributed by atoms with E-state index in [0.717, 1.165) is 19.3 Å². The van der Waals surface area contributed by atoms with Gasteiger partial charge in [-0.2, -0.15) is 0 Å². The third kappa shape index (κ3) is 2.93. The highest BCUT2D eigenvalue weighted by atomic mass is 32.2. The number of nitrogen functional groups attached to an aromatic ring is 1. The Labute approximate surface area is 108 Å². The van der Waals surface area contributed by atoms with Gasteiger partial charge in [0.15, 0.2) is 0 Å². The van der Waals surface area contributed by atoms with Gasteiger partial charge < -0.3 is 5.73 Å². The molecule has 0 aliphatic heterocycles. The van der Waals surface area contributed by atoms with E-state index in [1.54, 1.807) is 12.1 Å². The van der Waals surface area contributed by atoms with Crippen molar-refractivity contribution in [3.63, 3.8) is 0 Å². The summed E-state index contributed by atoms with van der Waals surface area (Å²) in [6, 6.07) is 3.45. The first-order chi connectivity index (χ1) is 8.54. The monoisotopic (exact) mass is 269 g/mol. The highest BCUT2D eigenvalue weighted by Gasteiger charge is 2.37. The van der Waals surface area contributed by atoms with Crippen LogP contribution in [-0.2, 0) is 10.0 Å². The van der Waals surface area contributed by atoms with Crippen LogP contribution in [0.2, 0.25) is 0 Å². The number of anilines is 2. The van der Waals surface area contributed by atoms with E-state index in [4.69, 9.17) is 5.73 Å². The van der Waals surface area contributed by atoms with Crippen molar-refractivity contribution in [3.05, 3.63) is 18.3 Å². The van der Waals surface area contributed by atoms with Crippen molar-refractivity contribution in [3.8, 4) is 0 Å². The zero-order valence-corrected chi connectivity index (χ0v) is 11.4. The van der Waals surface area contributed by atoms with Crippen LogP contribution in [0.4, 0.5) is 11.5 Å². The molecule has 1 aromatic rings. The number of nitrogens with two attached hydrogens (primary N) is 1. The first-order valence-corrected chi connectivity index (χ1v) is 7.89. The maximum atomic E-state index is 12.3. The molecule has 1 heterocycles. The van der Waals surface area contributed by atoms with E-state index in [1.807, 2.05) is 6.92 Å². The minimum atomic E-state index is -3.26. The number of rotatable bonds is 6. The number of pyridine rings is 1. The van der Waals surface area contributed by atoms with E-state index in [2.05, 4.69) is 4.98 Å². The molecule has 2 N–H and O–H groups in total. The summed E-state index contributed by atoms with van der Waals surface area (Å²) in [7, 11) is -3.26. The summed E-state index contributed by atoms with van der Waals surface area (Å²) >= 11 is 0. The average molecular weight is 269 g/mol. The molecule has 1 aliphatic rings. The standard InChI is InChI=1S/C12H19N3O2S/c1-2-3-8-18(16,17)15(11-5-6-11)12-7-4-10(13)9-14-12/h4,7,9,11H,2-3,5-6,8,13H2,1H3. The summed E-state index contributed by atoms with van der Waals surface area (Å²) in [5, 5.41) is 0. The molecule has 1 fully saturated rings. The van der Waals surface area contributed by atoms with Crippen molar-refractivity contribution in [1.82, 2.24) is 4.98 Å². The molecule has 1 aromatic heterocycles. The van der Waals surface area contributed by atoms with E-state index in [0.29, 0.717) is 17.9 Å². The fourth-order valence-corrected chi connectivity index (χ4v) is 3.73. The van der Waals surface area contributed by atoms with Crippen LogP contribution in [-0.4, -0.2) is 25.2 Å². The second-order valence-corrected chi connectivity index (χ2v) is 6.61. The summed E-state index contributed by atoms with van der Waals surface area (Å²) in [4.78, 5) is 4.14. The first-order valence-electron chi connectivity index (χ1n) is 6.28. The molecule has 0 aromatic carbocycles. The highest BCUT2D eigenvalue weighted by molar-refractivity contribution is 7.92. The van der Waals surface area contributed by atoms with Gasteiger partial charge in [-0.25, -0.2) is 13.4 Å². The number of unbranched alkanes of at least 4 members (excludes halogenated alkanes) is 1. The molecule has 100 valence electrons. The molecule has 1 aliphatic carbocycles. The Morgan fingerprint density at radius 1 is 1.44 bits per heavy atom. The van der Waals surface area contributed by atoms with Crippen molar-refractivity contribution in [2.75, 3.05) is 15.8 Å². The van der Waals surface area contributed by atoms with Gasteiger partial charge in [0.2, 0.25) is 10.0 Å². The van der Waals surface area contributed by atoms with Crippen LogP contribution in [0, 0.1) is 0 Å². The Hall–Kier alpha value is -1.30. The minimum absolute atomic E-state index is 0.0861. The second kappa shape index (κ2) is 5.14. The summed E-state index contributed by atoms with van der Waals surface area (Å²) in [5.41, 5.74) is 6.12. The van der Waals surface area contributed by atoms with Crippen LogP contribution in [0.5, 0.6) is 0 Å².